The number of rotatable bonds is 16. The molecule has 6 aromatic heterocycles. The Hall–Kier alpha value is -7.90. The van der Waals surface area contributed by atoms with E-state index < -0.39 is 0 Å². The highest BCUT2D eigenvalue weighted by Crippen LogP contribution is 2.39. The highest BCUT2D eigenvalue weighted by Gasteiger charge is 2.24. The molecule has 459 valence electrons. The molecule has 24 nitrogen and oxygen atoms in total. The monoisotopic (exact) mass is 1290 g/mol. The summed E-state index contributed by atoms with van der Waals surface area (Å²) >= 11 is 9.52. The number of nitrogens with one attached hydrogen (secondary N) is 2. The van der Waals surface area contributed by atoms with Crippen LogP contribution in [-0.2, 0) is 43.4 Å². The van der Waals surface area contributed by atoms with Crippen LogP contribution >= 0.6 is 58.2 Å². The second-order valence-electron chi connectivity index (χ2n) is 19.7. The number of amides is 1. The SMILES string of the molecule is C=CC(=O)N(C)Cc1cc2nc(-c3cccc(O)c3)nc(N3CCOCC3)c2s1.CN([B]C=O)Cc1cc2nc(-c3cccc(O)c3)nc(N3CCOCC3)c2s1.CNCc1cc2nc(-c3cccc(O)c3)nc(N3CCOCC3)c2s1.Cl.N=NN=NCl. The maximum atomic E-state index is 11.9. The molecule has 3 aliphatic rings. The van der Waals surface area contributed by atoms with Crippen molar-refractivity contribution in [3.8, 4) is 51.4 Å². The fraction of sp³-hybridized carbons (Fsp3) is 0.310. The van der Waals surface area contributed by atoms with E-state index in [1.165, 1.54) is 18.4 Å². The standard InChI is InChI=1S/C21H22N4O3S.C19H20BN4O3S.C18H20N4O2S.ClHN4.ClH/c1-3-18(27)24(2)13-16-12-17-19(29-16)21(25-7-9-28-10-8-25)23-20(22-17)14-5-4-6-15(26)11-14;1-23(20-12-25)11-15-10-16-17(28-15)19(24-5-7-27-8-6-24)22-18(21-16)13-3-2-4-14(26)9-13;1-19-11-14-10-15-16(25-14)18(22-5-7-24-8-6-22)21-17(20-15)12-3-2-4-13(23)9-12;1-3-5-4-2;/h3-6,11-12,26H,1,7-10,13H2,2H3;2-4,9-10,12,26H,5-8,11H2,1H3;2-4,9-10,19,23H,5-8,11H2,1H3;2H;1H. The predicted molar refractivity (Wildman–Crippen MR) is 349 cm³/mol. The first kappa shape index (κ1) is 66.1. The summed E-state index contributed by atoms with van der Waals surface area (Å²) in [5, 5.41) is 37.8. The van der Waals surface area contributed by atoms with Gasteiger partial charge in [0.15, 0.2) is 34.9 Å². The second kappa shape index (κ2) is 32.4. The van der Waals surface area contributed by atoms with Crippen molar-refractivity contribution in [2.24, 2.45) is 15.1 Å². The van der Waals surface area contributed by atoms with Gasteiger partial charge in [-0.1, -0.05) is 47.6 Å². The number of thiophene rings is 3. The van der Waals surface area contributed by atoms with E-state index in [0.29, 0.717) is 70.2 Å². The van der Waals surface area contributed by atoms with Gasteiger partial charge >= 0.3 is 0 Å². The number of anilines is 3. The van der Waals surface area contributed by atoms with Gasteiger partial charge in [-0.25, -0.2) is 29.9 Å². The van der Waals surface area contributed by atoms with Gasteiger partial charge in [0.1, 0.15) is 17.2 Å². The molecule has 0 aliphatic carbocycles. The Morgan fingerprint density at radius 3 is 1.35 bits per heavy atom. The fourth-order valence-corrected chi connectivity index (χ4v) is 13.0. The average molecular weight is 1290 g/mol. The highest BCUT2D eigenvalue weighted by atomic mass is 35.5. The number of phenols is 3. The van der Waals surface area contributed by atoms with Crippen molar-refractivity contribution in [3.05, 3.63) is 118 Å². The lowest BCUT2D eigenvalue weighted by atomic mass is 9.96. The Kier molecular flexibility index (Phi) is 24.3. The molecule has 3 aliphatic heterocycles. The van der Waals surface area contributed by atoms with Gasteiger partial charge in [-0.2, -0.15) is 5.53 Å². The molecule has 9 aromatic rings. The minimum atomic E-state index is -0.123. The summed E-state index contributed by atoms with van der Waals surface area (Å²) in [6.07, 6.45) is 2.10. The molecule has 1 amide bonds. The van der Waals surface area contributed by atoms with Crippen LogP contribution in [0.2, 0.25) is 0 Å². The number of carbonyl (C=O) groups excluding carboxylic acids is 2. The van der Waals surface area contributed by atoms with E-state index in [4.69, 9.17) is 49.6 Å². The van der Waals surface area contributed by atoms with Gasteiger partial charge in [-0.05, 0) is 85.2 Å². The van der Waals surface area contributed by atoms with Gasteiger partial charge in [-0.15, -0.1) is 46.4 Å². The third kappa shape index (κ3) is 17.2. The Bertz CT molecular complexity index is 3860. The van der Waals surface area contributed by atoms with E-state index in [1.807, 2.05) is 55.3 Å². The summed E-state index contributed by atoms with van der Waals surface area (Å²) in [6, 6.07) is 27.2. The number of fused-ring (bicyclic) bond motifs is 3. The number of aromatic nitrogens is 6. The summed E-state index contributed by atoms with van der Waals surface area (Å²) in [5.41, 5.74) is 10.9. The zero-order valence-electron chi connectivity index (χ0n) is 48.4. The lowest BCUT2D eigenvalue weighted by Crippen LogP contribution is -2.36. The van der Waals surface area contributed by atoms with Crippen LogP contribution in [0.5, 0.6) is 17.2 Å². The zero-order valence-corrected chi connectivity index (χ0v) is 52.4. The summed E-state index contributed by atoms with van der Waals surface area (Å²) in [6.45, 7) is 14.2. The zero-order chi connectivity index (χ0) is 61.2. The first-order chi connectivity index (χ1) is 42.3. The molecule has 5 N–H and O–H groups in total. The Morgan fingerprint density at radius 2 is 1.02 bits per heavy atom. The lowest BCUT2D eigenvalue weighted by Gasteiger charge is -2.28. The van der Waals surface area contributed by atoms with Crippen LogP contribution in [0.15, 0.2) is 119 Å². The van der Waals surface area contributed by atoms with Crippen molar-refractivity contribution >= 4 is 126 Å². The van der Waals surface area contributed by atoms with Crippen LogP contribution < -0.4 is 20.0 Å². The molecule has 30 heteroatoms. The molecule has 3 fully saturated rings. The van der Waals surface area contributed by atoms with Crippen LogP contribution in [0.1, 0.15) is 14.6 Å². The first-order valence-corrected chi connectivity index (χ1v) is 30.3. The number of aromatic hydroxyl groups is 3. The average Bonchev–Trinajstić information content (AvgIpc) is 2.69. The van der Waals surface area contributed by atoms with Gasteiger partial charge in [-0.3, -0.25) is 4.79 Å². The summed E-state index contributed by atoms with van der Waals surface area (Å²) in [7, 11) is 7.07. The fourth-order valence-electron chi connectivity index (χ4n) is 9.49. The quantitative estimate of drug-likeness (QED) is 0.0198. The van der Waals surface area contributed by atoms with Crippen molar-refractivity contribution in [3.63, 3.8) is 0 Å². The normalized spacial score (nSPS) is 14.1. The third-order valence-corrected chi connectivity index (χ3v) is 17.0. The molecule has 12 rings (SSSR count). The number of morpholine rings is 3. The van der Waals surface area contributed by atoms with E-state index in [9.17, 15) is 24.9 Å². The number of phenolic OH excluding ortho intramolecular Hbond substituents is 3. The van der Waals surface area contributed by atoms with Crippen molar-refractivity contribution in [2.75, 3.05) is 115 Å². The molecular weight excluding hydrogens is 1230 g/mol. The van der Waals surface area contributed by atoms with Gasteiger partial charge in [0, 0.05) is 90.7 Å². The molecule has 0 atom stereocenters. The third-order valence-electron chi connectivity index (χ3n) is 13.6. The maximum absolute atomic E-state index is 11.9. The minimum absolute atomic E-state index is 0. The Labute approximate surface area is 531 Å². The molecule has 9 heterocycles. The number of hydrogen-bond donors (Lipinski definition) is 5. The van der Waals surface area contributed by atoms with E-state index in [2.05, 4.69) is 59.5 Å². The smallest absolute Gasteiger partial charge is 0.293 e. The van der Waals surface area contributed by atoms with Crippen molar-refractivity contribution < 1.29 is 39.1 Å². The number of hydrogen-bond acceptors (Lipinski definition) is 24. The van der Waals surface area contributed by atoms with Crippen LogP contribution in [0.4, 0.5) is 17.5 Å². The van der Waals surface area contributed by atoms with Crippen LogP contribution in [0, 0.1) is 5.53 Å². The molecule has 3 aromatic carbocycles. The summed E-state index contributed by atoms with van der Waals surface area (Å²) in [5.74, 6) is 4.96. The molecule has 88 heavy (non-hydrogen) atoms. The van der Waals surface area contributed by atoms with Crippen molar-refractivity contribution in [1.29, 1.82) is 5.53 Å². The Morgan fingerprint density at radius 1 is 0.648 bits per heavy atom. The molecule has 1 radical (unpaired) electrons. The van der Waals surface area contributed by atoms with Gasteiger partial charge in [0.25, 0.3) is 7.41 Å². The second-order valence-corrected chi connectivity index (χ2v) is 23.3. The number of ether oxygens (including phenoxy) is 3. The summed E-state index contributed by atoms with van der Waals surface area (Å²) < 4.78 is 22.2. The van der Waals surface area contributed by atoms with Gasteiger partial charge in [0.2, 0.25) is 5.91 Å². The molecule has 0 saturated carbocycles. The largest absolute Gasteiger partial charge is 0.508 e. The van der Waals surface area contributed by atoms with E-state index >= 15 is 0 Å². The Balaban J connectivity index is 0.000000164. The van der Waals surface area contributed by atoms with Crippen molar-refractivity contribution in [1.82, 2.24) is 44.9 Å². The number of carbonyl (C=O) groups is 2. The van der Waals surface area contributed by atoms with Crippen molar-refractivity contribution in [2.45, 2.75) is 19.6 Å². The van der Waals surface area contributed by atoms with Crippen LogP contribution in [0.3, 0.4) is 0 Å². The first-order valence-electron chi connectivity index (χ1n) is 27.5. The predicted octanol–water partition coefficient (Wildman–Crippen LogP) is 9.77. The number of halogens is 2. The topological polar surface area (TPSA) is 289 Å². The highest BCUT2D eigenvalue weighted by molar-refractivity contribution is 7.20. The van der Waals surface area contributed by atoms with E-state index in [0.717, 1.165) is 127 Å². The number of likely N-dealkylation sites (N-methyl/N-ethyl adjacent to an activating group) is 1. The molecular formula is C58H64BCl2N16O8S3. The van der Waals surface area contributed by atoms with Crippen LogP contribution in [0.25, 0.3) is 64.8 Å². The number of benzene rings is 3. The van der Waals surface area contributed by atoms with Crippen LogP contribution in [-0.4, -0.2) is 174 Å². The minimum Gasteiger partial charge on any atom is -0.508 e. The van der Waals surface area contributed by atoms with Gasteiger partial charge < -0.3 is 64.1 Å². The van der Waals surface area contributed by atoms with Gasteiger partial charge in [0.05, 0.1) is 94.8 Å². The van der Waals surface area contributed by atoms with E-state index in [1.54, 1.807) is 94.5 Å². The summed E-state index contributed by atoms with van der Waals surface area (Å²) in [4.78, 5) is 64.9. The maximum Gasteiger partial charge on any atom is 0.293 e. The molecule has 0 spiro atoms. The molecule has 0 unspecified atom stereocenters. The van der Waals surface area contributed by atoms with E-state index in [-0.39, 0.29) is 35.6 Å². The number of nitrogens with zero attached hydrogens (tertiary/aromatic N) is 14. The lowest BCUT2D eigenvalue weighted by molar-refractivity contribution is -0.125. The molecule has 0 bridgehead atoms. The molecule has 3 saturated heterocycles.